The average Bonchev–Trinajstić information content (AvgIpc) is 2.17. The van der Waals surface area contributed by atoms with Gasteiger partial charge in [-0.3, -0.25) is 10.1 Å². The molecule has 0 atom stereocenters. The summed E-state index contributed by atoms with van der Waals surface area (Å²) in [4.78, 5) is 9.75. The number of halogens is 3. The summed E-state index contributed by atoms with van der Waals surface area (Å²) in [6, 6.07) is 3.44. The smallest absolute Gasteiger partial charge is 0.286 e. The summed E-state index contributed by atoms with van der Waals surface area (Å²) in [7, 11) is 0. The number of nitro groups is 1. The molecule has 7 heteroatoms. The van der Waals surface area contributed by atoms with E-state index in [0.717, 1.165) is 12.1 Å². The Morgan fingerprint density at radius 3 is 2.60 bits per heavy atom. The third kappa shape index (κ3) is 2.29. The van der Waals surface area contributed by atoms with Gasteiger partial charge in [-0.2, -0.15) is 8.78 Å². The molecule has 1 aromatic rings. The Morgan fingerprint density at radius 2 is 2.13 bits per heavy atom. The molecule has 0 bridgehead atoms. The summed E-state index contributed by atoms with van der Waals surface area (Å²) in [6.45, 7) is -0.896. The maximum absolute atomic E-state index is 13.2. The van der Waals surface area contributed by atoms with Crippen LogP contribution in [0, 0.1) is 10.1 Å². The van der Waals surface area contributed by atoms with Crippen LogP contribution < -0.4 is 5.73 Å². The minimum absolute atomic E-state index is 0.231. The first-order valence-electron chi connectivity index (χ1n) is 3.91. The van der Waals surface area contributed by atoms with Crippen LogP contribution in [0.1, 0.15) is 5.56 Å². The monoisotopic (exact) mass is 280 g/mol. The van der Waals surface area contributed by atoms with Crippen molar-refractivity contribution in [2.24, 2.45) is 5.73 Å². The molecule has 0 radical (unpaired) electrons. The number of rotatable bonds is 3. The zero-order chi connectivity index (χ0) is 11.6. The van der Waals surface area contributed by atoms with Gasteiger partial charge in [0.1, 0.15) is 4.47 Å². The van der Waals surface area contributed by atoms with Crippen LogP contribution in [0.2, 0.25) is 0 Å². The van der Waals surface area contributed by atoms with Gasteiger partial charge in [0.15, 0.2) is 0 Å². The second-order valence-corrected chi connectivity index (χ2v) is 3.60. The number of nitrogens with zero attached hydrogens (tertiary/aromatic N) is 1. The van der Waals surface area contributed by atoms with Gasteiger partial charge in [-0.25, -0.2) is 0 Å². The maximum atomic E-state index is 13.2. The van der Waals surface area contributed by atoms with Crippen LogP contribution in [0.3, 0.4) is 0 Å². The number of benzene rings is 1. The van der Waals surface area contributed by atoms with Crippen LogP contribution in [0.15, 0.2) is 22.7 Å². The summed E-state index contributed by atoms with van der Waals surface area (Å²) in [5, 5.41) is 10.5. The van der Waals surface area contributed by atoms with Crippen molar-refractivity contribution >= 4 is 21.6 Å². The number of alkyl halides is 2. The van der Waals surface area contributed by atoms with E-state index in [4.69, 9.17) is 5.73 Å². The molecule has 0 saturated carbocycles. The number of hydrogen-bond donors (Lipinski definition) is 1. The molecule has 4 nitrogen and oxygen atoms in total. The van der Waals surface area contributed by atoms with Crippen molar-refractivity contribution < 1.29 is 13.7 Å². The topological polar surface area (TPSA) is 69.2 Å². The summed E-state index contributed by atoms with van der Waals surface area (Å²) in [6.07, 6.45) is 0. The van der Waals surface area contributed by atoms with Crippen molar-refractivity contribution in [2.75, 3.05) is 6.54 Å². The molecule has 1 rings (SSSR count). The molecule has 0 aliphatic rings. The Labute approximate surface area is 92.4 Å². The highest BCUT2D eigenvalue weighted by Crippen LogP contribution is 2.37. The maximum Gasteiger partial charge on any atom is 0.286 e. The lowest BCUT2D eigenvalue weighted by Gasteiger charge is -2.15. The van der Waals surface area contributed by atoms with Gasteiger partial charge < -0.3 is 5.73 Å². The number of nitrogens with two attached hydrogens (primary N) is 1. The highest BCUT2D eigenvalue weighted by Gasteiger charge is 2.34. The second kappa shape index (κ2) is 4.19. The Hall–Kier alpha value is -1.08. The number of hydrogen-bond acceptors (Lipinski definition) is 3. The SMILES string of the molecule is NCC(F)(F)c1cccc([N+](=O)[O-])c1Br. The third-order valence-electron chi connectivity index (χ3n) is 1.83. The van der Waals surface area contributed by atoms with Crippen LogP contribution in [0.4, 0.5) is 14.5 Å². The van der Waals surface area contributed by atoms with E-state index in [1.165, 1.54) is 6.07 Å². The van der Waals surface area contributed by atoms with Crippen LogP contribution in [-0.4, -0.2) is 11.5 Å². The molecule has 0 aromatic heterocycles. The lowest BCUT2D eigenvalue weighted by atomic mass is 10.1. The van der Waals surface area contributed by atoms with Gasteiger partial charge >= 0.3 is 0 Å². The molecule has 0 unspecified atom stereocenters. The average molecular weight is 281 g/mol. The van der Waals surface area contributed by atoms with Gasteiger partial charge in [-0.15, -0.1) is 0 Å². The Morgan fingerprint density at radius 1 is 1.53 bits per heavy atom. The first-order chi connectivity index (χ1) is 6.90. The minimum Gasteiger partial charge on any atom is -0.325 e. The summed E-state index contributed by atoms with van der Waals surface area (Å²) < 4.78 is 26.2. The predicted octanol–water partition coefficient (Wildman–Crippen LogP) is 2.41. The Balaban J connectivity index is 3.33. The molecule has 82 valence electrons. The number of nitro benzene ring substituents is 1. The van der Waals surface area contributed by atoms with E-state index in [-0.39, 0.29) is 4.47 Å². The van der Waals surface area contributed by atoms with Gasteiger partial charge in [0.25, 0.3) is 11.6 Å². The van der Waals surface area contributed by atoms with E-state index >= 15 is 0 Å². The van der Waals surface area contributed by atoms with Crippen molar-refractivity contribution in [3.63, 3.8) is 0 Å². The summed E-state index contributed by atoms with van der Waals surface area (Å²) >= 11 is 2.78. The molecule has 0 aliphatic heterocycles. The molecule has 15 heavy (non-hydrogen) atoms. The van der Waals surface area contributed by atoms with Crippen molar-refractivity contribution in [1.29, 1.82) is 0 Å². The zero-order valence-electron chi connectivity index (χ0n) is 7.41. The van der Waals surface area contributed by atoms with Crippen LogP contribution in [0.5, 0.6) is 0 Å². The molecule has 0 amide bonds. The van der Waals surface area contributed by atoms with Gasteiger partial charge in [0, 0.05) is 11.6 Å². The Bertz CT molecular complexity index is 398. The molecule has 0 aliphatic carbocycles. The van der Waals surface area contributed by atoms with Crippen molar-refractivity contribution in [3.05, 3.63) is 38.3 Å². The molecule has 2 N–H and O–H groups in total. The lowest BCUT2D eigenvalue weighted by molar-refractivity contribution is -0.385. The fraction of sp³-hybridized carbons (Fsp3) is 0.250. The van der Waals surface area contributed by atoms with E-state index in [1.54, 1.807) is 0 Å². The quantitative estimate of drug-likeness (QED) is 0.683. The minimum atomic E-state index is -3.27. The van der Waals surface area contributed by atoms with E-state index in [1.807, 2.05) is 0 Å². The summed E-state index contributed by atoms with van der Waals surface area (Å²) in [5.74, 6) is -3.27. The third-order valence-corrected chi connectivity index (χ3v) is 2.66. The fourth-order valence-electron chi connectivity index (χ4n) is 1.05. The van der Waals surface area contributed by atoms with Crippen molar-refractivity contribution in [2.45, 2.75) is 5.92 Å². The zero-order valence-corrected chi connectivity index (χ0v) is 9.00. The largest absolute Gasteiger partial charge is 0.325 e. The van der Waals surface area contributed by atoms with E-state index < -0.39 is 28.6 Å². The molecular formula is C8H7BrF2N2O2. The molecule has 0 spiro atoms. The van der Waals surface area contributed by atoms with E-state index in [2.05, 4.69) is 15.9 Å². The van der Waals surface area contributed by atoms with Crippen molar-refractivity contribution in [1.82, 2.24) is 0 Å². The van der Waals surface area contributed by atoms with Gasteiger partial charge in [-0.05, 0) is 15.9 Å². The van der Waals surface area contributed by atoms with Gasteiger partial charge in [0.05, 0.1) is 11.5 Å². The van der Waals surface area contributed by atoms with E-state index in [9.17, 15) is 18.9 Å². The highest BCUT2D eigenvalue weighted by atomic mass is 79.9. The van der Waals surface area contributed by atoms with Gasteiger partial charge in [-0.1, -0.05) is 12.1 Å². The van der Waals surface area contributed by atoms with Gasteiger partial charge in [0.2, 0.25) is 0 Å². The predicted molar refractivity (Wildman–Crippen MR) is 53.7 cm³/mol. The van der Waals surface area contributed by atoms with Crippen LogP contribution in [-0.2, 0) is 5.92 Å². The molecule has 0 heterocycles. The Kier molecular flexibility index (Phi) is 3.35. The second-order valence-electron chi connectivity index (χ2n) is 2.80. The first kappa shape index (κ1) is 12.0. The fourth-order valence-corrected chi connectivity index (χ4v) is 1.75. The van der Waals surface area contributed by atoms with Crippen LogP contribution >= 0.6 is 15.9 Å². The summed E-state index contributed by atoms with van der Waals surface area (Å²) in [5.41, 5.74) is 4.02. The highest BCUT2D eigenvalue weighted by molar-refractivity contribution is 9.10. The normalized spacial score (nSPS) is 11.5. The van der Waals surface area contributed by atoms with Crippen LogP contribution in [0.25, 0.3) is 0 Å². The lowest BCUT2D eigenvalue weighted by Crippen LogP contribution is -2.25. The molecule has 0 saturated heterocycles. The molecule has 0 fully saturated rings. The molecule has 1 aromatic carbocycles. The molecular weight excluding hydrogens is 274 g/mol. The van der Waals surface area contributed by atoms with E-state index in [0.29, 0.717) is 0 Å². The first-order valence-corrected chi connectivity index (χ1v) is 4.70. The standard InChI is InChI=1S/C8H7BrF2N2O2/c9-7-5(8(10,11)4-12)2-1-3-6(7)13(14)15/h1-3H,4,12H2. The van der Waals surface area contributed by atoms with Crippen molar-refractivity contribution in [3.8, 4) is 0 Å².